The zero-order valence-electron chi connectivity index (χ0n) is 12.2. The maximum atomic E-state index is 6.12. The third-order valence-electron chi connectivity index (χ3n) is 3.22. The normalized spacial score (nSPS) is 14.2. The minimum Gasteiger partial charge on any atom is -0.496 e. The van der Waals surface area contributed by atoms with Gasteiger partial charge in [-0.1, -0.05) is 25.4 Å². The van der Waals surface area contributed by atoms with Crippen LogP contribution in [0.1, 0.15) is 38.3 Å². The van der Waals surface area contributed by atoms with Gasteiger partial charge in [-0.05, 0) is 37.6 Å². The Morgan fingerprint density at radius 3 is 2.53 bits per heavy atom. The highest BCUT2D eigenvalue weighted by molar-refractivity contribution is 6.30. The molecule has 19 heavy (non-hydrogen) atoms. The van der Waals surface area contributed by atoms with Crippen LogP contribution in [-0.2, 0) is 4.74 Å². The lowest BCUT2D eigenvalue weighted by molar-refractivity contribution is 0.0643. The number of rotatable bonds is 8. The van der Waals surface area contributed by atoms with Crippen molar-refractivity contribution in [3.8, 4) is 5.75 Å². The summed E-state index contributed by atoms with van der Waals surface area (Å²) in [5.41, 5.74) is 1.05. The summed E-state index contributed by atoms with van der Waals surface area (Å²) in [7, 11) is 3.42. The van der Waals surface area contributed by atoms with Crippen LogP contribution in [0.4, 0.5) is 0 Å². The van der Waals surface area contributed by atoms with Crippen LogP contribution in [0.25, 0.3) is 0 Å². The van der Waals surface area contributed by atoms with E-state index in [1.165, 1.54) is 0 Å². The van der Waals surface area contributed by atoms with E-state index in [2.05, 4.69) is 19.2 Å². The number of halogens is 1. The molecule has 0 aliphatic carbocycles. The Morgan fingerprint density at radius 1 is 1.26 bits per heavy atom. The molecule has 2 unspecified atom stereocenters. The summed E-state index contributed by atoms with van der Waals surface area (Å²) in [5, 5.41) is 4.24. The van der Waals surface area contributed by atoms with E-state index in [9.17, 15) is 0 Å². The lowest BCUT2D eigenvalue weighted by Crippen LogP contribution is -2.33. The molecule has 0 aromatic heterocycles. The summed E-state index contributed by atoms with van der Waals surface area (Å²) < 4.78 is 11.0. The minimum atomic E-state index is 0.0867. The summed E-state index contributed by atoms with van der Waals surface area (Å²) in [6.07, 6.45) is 2.09. The van der Waals surface area contributed by atoms with Gasteiger partial charge in [0.05, 0.1) is 19.3 Å². The number of hydrogen-bond donors (Lipinski definition) is 1. The first-order valence-corrected chi connectivity index (χ1v) is 7.15. The first-order chi connectivity index (χ1) is 9.17. The van der Waals surface area contributed by atoms with Crippen molar-refractivity contribution in [1.29, 1.82) is 0 Å². The molecule has 3 nitrogen and oxygen atoms in total. The second-order valence-corrected chi connectivity index (χ2v) is 4.94. The third kappa shape index (κ3) is 4.37. The van der Waals surface area contributed by atoms with Gasteiger partial charge < -0.3 is 14.8 Å². The van der Waals surface area contributed by atoms with E-state index in [4.69, 9.17) is 21.1 Å². The van der Waals surface area contributed by atoms with E-state index in [-0.39, 0.29) is 12.1 Å². The fourth-order valence-electron chi connectivity index (χ4n) is 2.23. The van der Waals surface area contributed by atoms with Crippen LogP contribution >= 0.6 is 11.6 Å². The maximum Gasteiger partial charge on any atom is 0.123 e. The SMILES string of the molecule is CCCNC(c1cc(Cl)ccc1OC)C(CC)OC. The van der Waals surface area contributed by atoms with Crippen LogP contribution < -0.4 is 10.1 Å². The first-order valence-electron chi connectivity index (χ1n) is 6.77. The Hall–Kier alpha value is -0.770. The van der Waals surface area contributed by atoms with Gasteiger partial charge in [-0.2, -0.15) is 0 Å². The highest BCUT2D eigenvalue weighted by atomic mass is 35.5. The van der Waals surface area contributed by atoms with Gasteiger partial charge in [0.1, 0.15) is 5.75 Å². The number of methoxy groups -OCH3 is 2. The van der Waals surface area contributed by atoms with Gasteiger partial charge in [0, 0.05) is 17.7 Å². The Balaban J connectivity index is 3.10. The second-order valence-electron chi connectivity index (χ2n) is 4.50. The number of nitrogens with one attached hydrogen (secondary N) is 1. The van der Waals surface area contributed by atoms with Crippen LogP contribution in [-0.4, -0.2) is 26.9 Å². The lowest BCUT2D eigenvalue weighted by atomic mass is 9.98. The number of benzene rings is 1. The average Bonchev–Trinajstić information content (AvgIpc) is 2.43. The number of ether oxygens (including phenoxy) is 2. The van der Waals surface area contributed by atoms with E-state index < -0.39 is 0 Å². The molecule has 108 valence electrons. The van der Waals surface area contributed by atoms with Crippen molar-refractivity contribution in [3.63, 3.8) is 0 Å². The smallest absolute Gasteiger partial charge is 0.123 e. The Labute approximate surface area is 121 Å². The highest BCUT2D eigenvalue weighted by Gasteiger charge is 2.24. The molecule has 1 N–H and O–H groups in total. The van der Waals surface area contributed by atoms with Crippen LogP contribution in [0.15, 0.2) is 18.2 Å². The molecule has 0 radical (unpaired) electrons. The Kier molecular flexibility index (Phi) is 7.21. The summed E-state index contributed by atoms with van der Waals surface area (Å²) in [6.45, 7) is 5.19. The summed E-state index contributed by atoms with van der Waals surface area (Å²) in [5.74, 6) is 0.841. The summed E-state index contributed by atoms with van der Waals surface area (Å²) >= 11 is 6.12. The van der Waals surface area contributed by atoms with E-state index in [1.54, 1.807) is 14.2 Å². The van der Waals surface area contributed by atoms with Gasteiger partial charge in [0.2, 0.25) is 0 Å². The van der Waals surface area contributed by atoms with E-state index in [0.29, 0.717) is 5.02 Å². The van der Waals surface area contributed by atoms with Gasteiger partial charge >= 0.3 is 0 Å². The predicted molar refractivity (Wildman–Crippen MR) is 80.1 cm³/mol. The van der Waals surface area contributed by atoms with Crippen molar-refractivity contribution in [2.75, 3.05) is 20.8 Å². The molecule has 2 atom stereocenters. The first kappa shape index (κ1) is 16.3. The molecule has 0 amide bonds. The molecule has 1 aromatic carbocycles. The minimum absolute atomic E-state index is 0.0867. The molecule has 0 aliphatic rings. The highest BCUT2D eigenvalue weighted by Crippen LogP contribution is 2.32. The molecule has 1 rings (SSSR count). The van der Waals surface area contributed by atoms with Crippen molar-refractivity contribution in [2.24, 2.45) is 0 Å². The zero-order valence-corrected chi connectivity index (χ0v) is 13.0. The molecule has 0 bridgehead atoms. The third-order valence-corrected chi connectivity index (χ3v) is 3.45. The van der Waals surface area contributed by atoms with Crippen LogP contribution in [0.3, 0.4) is 0 Å². The molecule has 0 heterocycles. The standard InChI is InChI=1S/C15H24ClNO2/c1-5-9-17-15(13(6-2)18-3)12-10-11(16)7-8-14(12)19-4/h7-8,10,13,15,17H,5-6,9H2,1-4H3. The molecule has 4 heteroatoms. The molecule has 0 saturated heterocycles. The Bertz CT molecular complexity index is 380. The van der Waals surface area contributed by atoms with Gasteiger partial charge in [0.25, 0.3) is 0 Å². The van der Waals surface area contributed by atoms with E-state index >= 15 is 0 Å². The molecule has 0 aliphatic heterocycles. The van der Waals surface area contributed by atoms with Crippen LogP contribution in [0.2, 0.25) is 5.02 Å². The van der Waals surface area contributed by atoms with E-state index in [1.807, 2.05) is 18.2 Å². The van der Waals surface area contributed by atoms with Crippen molar-refractivity contribution in [1.82, 2.24) is 5.32 Å². The predicted octanol–water partition coefficient (Wildman–Crippen LogP) is 3.81. The molecule has 1 aromatic rings. The number of hydrogen-bond acceptors (Lipinski definition) is 3. The monoisotopic (exact) mass is 285 g/mol. The lowest BCUT2D eigenvalue weighted by Gasteiger charge is -2.28. The summed E-state index contributed by atoms with van der Waals surface area (Å²) in [4.78, 5) is 0. The molecule has 0 spiro atoms. The molecular formula is C15H24ClNO2. The zero-order chi connectivity index (χ0) is 14.3. The largest absolute Gasteiger partial charge is 0.496 e. The van der Waals surface area contributed by atoms with Gasteiger partial charge in [0.15, 0.2) is 0 Å². The molecular weight excluding hydrogens is 262 g/mol. The average molecular weight is 286 g/mol. The molecule has 0 saturated carbocycles. The van der Waals surface area contributed by atoms with Crippen molar-refractivity contribution in [3.05, 3.63) is 28.8 Å². The maximum absolute atomic E-state index is 6.12. The van der Waals surface area contributed by atoms with Crippen molar-refractivity contribution in [2.45, 2.75) is 38.8 Å². The quantitative estimate of drug-likeness (QED) is 0.788. The van der Waals surface area contributed by atoms with Gasteiger partial charge in [-0.25, -0.2) is 0 Å². The van der Waals surface area contributed by atoms with Crippen molar-refractivity contribution >= 4 is 11.6 Å². The second kappa shape index (κ2) is 8.41. The van der Waals surface area contributed by atoms with Crippen LogP contribution in [0.5, 0.6) is 5.75 Å². The Morgan fingerprint density at radius 2 is 2.00 bits per heavy atom. The van der Waals surface area contributed by atoms with Crippen molar-refractivity contribution < 1.29 is 9.47 Å². The van der Waals surface area contributed by atoms with Gasteiger partial charge in [-0.3, -0.25) is 0 Å². The van der Waals surface area contributed by atoms with Gasteiger partial charge in [-0.15, -0.1) is 0 Å². The van der Waals surface area contributed by atoms with Crippen LogP contribution in [0, 0.1) is 0 Å². The topological polar surface area (TPSA) is 30.5 Å². The fourth-order valence-corrected chi connectivity index (χ4v) is 2.41. The summed E-state index contributed by atoms with van der Waals surface area (Å²) in [6, 6.07) is 5.79. The molecule has 0 fully saturated rings. The van der Waals surface area contributed by atoms with E-state index in [0.717, 1.165) is 30.7 Å². The fraction of sp³-hybridized carbons (Fsp3) is 0.600.